The summed E-state index contributed by atoms with van der Waals surface area (Å²) in [6.07, 6.45) is 0. The number of thiazole rings is 1. The first-order chi connectivity index (χ1) is 15.4. The van der Waals surface area contributed by atoms with Gasteiger partial charge in [0.2, 0.25) is 11.7 Å². The second-order valence-corrected chi connectivity index (χ2v) is 7.78. The summed E-state index contributed by atoms with van der Waals surface area (Å²) in [6, 6.07) is 10.9. The zero-order chi connectivity index (χ0) is 23.3. The van der Waals surface area contributed by atoms with Crippen molar-refractivity contribution >= 4 is 28.3 Å². The largest absolute Gasteiger partial charge is 0.493 e. The van der Waals surface area contributed by atoms with E-state index in [1.54, 1.807) is 12.1 Å². The highest BCUT2D eigenvalue weighted by molar-refractivity contribution is 7.14. The SMILES string of the molecule is COc1ccc(C(=O)Nc2nc(-c3ccc(C(C)NC(C)=O)cc3)cs2)c(OC)c1OC. The van der Waals surface area contributed by atoms with Crippen molar-refractivity contribution in [1.29, 1.82) is 0 Å². The number of aromatic nitrogens is 1. The maximum absolute atomic E-state index is 12.9. The number of rotatable bonds is 8. The lowest BCUT2D eigenvalue weighted by atomic mass is 10.1. The Morgan fingerprint density at radius 2 is 1.66 bits per heavy atom. The van der Waals surface area contributed by atoms with Crippen LogP contribution in [0.4, 0.5) is 5.13 Å². The van der Waals surface area contributed by atoms with Gasteiger partial charge in [0.1, 0.15) is 0 Å². The van der Waals surface area contributed by atoms with E-state index in [9.17, 15) is 9.59 Å². The summed E-state index contributed by atoms with van der Waals surface area (Å²) in [7, 11) is 4.46. The number of nitrogens with zero attached hydrogens (tertiary/aromatic N) is 1. The van der Waals surface area contributed by atoms with Gasteiger partial charge >= 0.3 is 0 Å². The van der Waals surface area contributed by atoms with Gasteiger partial charge in [-0.25, -0.2) is 4.98 Å². The molecule has 0 bridgehead atoms. The maximum Gasteiger partial charge on any atom is 0.261 e. The third-order valence-electron chi connectivity index (χ3n) is 4.80. The number of amides is 2. The fourth-order valence-electron chi connectivity index (χ4n) is 3.24. The molecule has 168 valence electrons. The zero-order valence-electron chi connectivity index (χ0n) is 18.5. The van der Waals surface area contributed by atoms with Crippen molar-refractivity contribution in [3.05, 3.63) is 52.9 Å². The molecule has 2 N–H and O–H groups in total. The second-order valence-electron chi connectivity index (χ2n) is 6.92. The molecule has 2 aromatic carbocycles. The summed E-state index contributed by atoms with van der Waals surface area (Å²) >= 11 is 1.32. The Morgan fingerprint density at radius 3 is 2.25 bits per heavy atom. The molecule has 0 saturated carbocycles. The van der Waals surface area contributed by atoms with Crippen LogP contribution in [-0.2, 0) is 4.79 Å². The molecule has 9 heteroatoms. The van der Waals surface area contributed by atoms with Crippen molar-refractivity contribution in [2.45, 2.75) is 19.9 Å². The molecular weight excluding hydrogens is 430 g/mol. The maximum atomic E-state index is 12.9. The Balaban J connectivity index is 1.77. The first-order valence-electron chi connectivity index (χ1n) is 9.81. The Labute approximate surface area is 190 Å². The number of hydrogen-bond acceptors (Lipinski definition) is 7. The third kappa shape index (κ3) is 5.00. The van der Waals surface area contributed by atoms with Gasteiger partial charge < -0.3 is 19.5 Å². The molecule has 0 aliphatic heterocycles. The van der Waals surface area contributed by atoms with Gasteiger partial charge in [0.15, 0.2) is 16.6 Å². The minimum Gasteiger partial charge on any atom is -0.493 e. The van der Waals surface area contributed by atoms with E-state index in [0.717, 1.165) is 16.8 Å². The lowest BCUT2D eigenvalue weighted by molar-refractivity contribution is -0.119. The summed E-state index contributed by atoms with van der Waals surface area (Å²) < 4.78 is 16.0. The second kappa shape index (κ2) is 10.1. The van der Waals surface area contributed by atoms with E-state index in [0.29, 0.717) is 22.2 Å². The van der Waals surface area contributed by atoms with Crippen LogP contribution >= 0.6 is 11.3 Å². The van der Waals surface area contributed by atoms with Crippen LogP contribution in [0, 0.1) is 0 Å². The molecule has 0 fully saturated rings. The van der Waals surface area contributed by atoms with E-state index in [1.165, 1.54) is 39.6 Å². The molecule has 0 aliphatic carbocycles. The van der Waals surface area contributed by atoms with Crippen LogP contribution in [0.15, 0.2) is 41.8 Å². The molecular formula is C23H25N3O5S. The molecule has 8 nitrogen and oxygen atoms in total. The van der Waals surface area contributed by atoms with Crippen molar-refractivity contribution < 1.29 is 23.8 Å². The van der Waals surface area contributed by atoms with Crippen LogP contribution < -0.4 is 24.8 Å². The van der Waals surface area contributed by atoms with E-state index >= 15 is 0 Å². The molecule has 0 spiro atoms. The molecule has 3 aromatic rings. The summed E-state index contributed by atoms with van der Waals surface area (Å²) in [5, 5.41) is 7.99. The van der Waals surface area contributed by atoms with E-state index in [4.69, 9.17) is 14.2 Å². The summed E-state index contributed by atoms with van der Waals surface area (Å²) in [4.78, 5) is 28.6. The van der Waals surface area contributed by atoms with Gasteiger partial charge in [0, 0.05) is 17.9 Å². The van der Waals surface area contributed by atoms with Gasteiger partial charge in [0.25, 0.3) is 5.91 Å². The van der Waals surface area contributed by atoms with Gasteiger partial charge in [-0.05, 0) is 24.6 Å². The topological polar surface area (TPSA) is 98.8 Å². The minimum atomic E-state index is -0.372. The molecule has 0 saturated heterocycles. The number of carbonyl (C=O) groups excluding carboxylic acids is 2. The summed E-state index contributed by atoms with van der Waals surface area (Å²) in [5.41, 5.74) is 2.94. The highest BCUT2D eigenvalue weighted by Crippen LogP contribution is 2.40. The number of carbonyl (C=O) groups is 2. The van der Waals surface area contributed by atoms with Crippen molar-refractivity contribution in [2.24, 2.45) is 0 Å². The highest BCUT2D eigenvalue weighted by Gasteiger charge is 2.21. The zero-order valence-corrected chi connectivity index (χ0v) is 19.3. The highest BCUT2D eigenvalue weighted by atomic mass is 32.1. The number of methoxy groups -OCH3 is 3. The fraction of sp³-hybridized carbons (Fsp3) is 0.261. The first-order valence-corrected chi connectivity index (χ1v) is 10.7. The molecule has 0 radical (unpaired) electrons. The Kier molecular flexibility index (Phi) is 7.32. The van der Waals surface area contributed by atoms with Crippen molar-refractivity contribution in [1.82, 2.24) is 10.3 Å². The van der Waals surface area contributed by atoms with Crippen LogP contribution in [0.1, 0.15) is 35.8 Å². The van der Waals surface area contributed by atoms with Crippen molar-refractivity contribution in [2.75, 3.05) is 26.6 Å². The van der Waals surface area contributed by atoms with Gasteiger partial charge in [-0.1, -0.05) is 24.3 Å². The molecule has 0 aliphatic rings. The van der Waals surface area contributed by atoms with Crippen LogP contribution in [0.3, 0.4) is 0 Å². The van der Waals surface area contributed by atoms with Gasteiger partial charge in [-0.15, -0.1) is 11.3 Å². The van der Waals surface area contributed by atoms with E-state index < -0.39 is 0 Å². The third-order valence-corrected chi connectivity index (χ3v) is 5.56. The molecule has 1 heterocycles. The van der Waals surface area contributed by atoms with Gasteiger partial charge in [-0.3, -0.25) is 14.9 Å². The standard InChI is InChI=1S/C23H25N3O5S/c1-13(24-14(2)27)15-6-8-16(9-7-15)18-12-32-23(25-18)26-22(28)17-10-11-19(29-3)21(31-5)20(17)30-4/h6-13H,1-5H3,(H,24,27)(H,25,26,28). The molecule has 2 amide bonds. The van der Waals surface area contributed by atoms with Crippen molar-refractivity contribution in [3.8, 4) is 28.5 Å². The number of hydrogen-bond donors (Lipinski definition) is 2. The minimum absolute atomic E-state index is 0.0763. The van der Waals surface area contributed by atoms with Crippen LogP contribution in [-0.4, -0.2) is 38.1 Å². The van der Waals surface area contributed by atoms with E-state index in [-0.39, 0.29) is 23.6 Å². The average molecular weight is 456 g/mol. The molecule has 1 aromatic heterocycles. The van der Waals surface area contributed by atoms with E-state index in [1.807, 2.05) is 36.6 Å². The number of anilines is 1. The van der Waals surface area contributed by atoms with Crippen LogP contribution in [0.25, 0.3) is 11.3 Å². The molecule has 1 atom stereocenters. The van der Waals surface area contributed by atoms with Crippen LogP contribution in [0.5, 0.6) is 17.2 Å². The van der Waals surface area contributed by atoms with E-state index in [2.05, 4.69) is 15.6 Å². The molecule has 32 heavy (non-hydrogen) atoms. The number of benzene rings is 2. The summed E-state index contributed by atoms with van der Waals surface area (Å²) in [5.74, 6) is 0.644. The monoisotopic (exact) mass is 455 g/mol. The predicted octanol–water partition coefficient (Wildman–Crippen LogP) is 4.29. The summed E-state index contributed by atoms with van der Waals surface area (Å²) in [6.45, 7) is 3.42. The Hall–Kier alpha value is -3.59. The van der Waals surface area contributed by atoms with Gasteiger partial charge in [-0.2, -0.15) is 0 Å². The number of ether oxygens (including phenoxy) is 3. The normalized spacial score (nSPS) is 11.4. The fourth-order valence-corrected chi connectivity index (χ4v) is 3.95. The Morgan fingerprint density at radius 1 is 0.969 bits per heavy atom. The first kappa shape index (κ1) is 23.1. The smallest absolute Gasteiger partial charge is 0.261 e. The predicted molar refractivity (Wildman–Crippen MR) is 124 cm³/mol. The number of nitrogens with one attached hydrogen (secondary N) is 2. The van der Waals surface area contributed by atoms with Crippen LogP contribution in [0.2, 0.25) is 0 Å². The average Bonchev–Trinajstić information content (AvgIpc) is 3.25. The molecule has 3 rings (SSSR count). The van der Waals surface area contributed by atoms with Crippen molar-refractivity contribution in [3.63, 3.8) is 0 Å². The quantitative estimate of drug-likeness (QED) is 0.526. The lowest BCUT2D eigenvalue weighted by Gasteiger charge is -2.15. The lowest BCUT2D eigenvalue weighted by Crippen LogP contribution is -2.23. The molecule has 1 unspecified atom stereocenters. The van der Waals surface area contributed by atoms with Gasteiger partial charge in [0.05, 0.1) is 38.6 Å². The Bertz CT molecular complexity index is 1110.